The van der Waals surface area contributed by atoms with Crippen LogP contribution >= 0.6 is 23.7 Å². The predicted molar refractivity (Wildman–Crippen MR) is 102 cm³/mol. The van der Waals surface area contributed by atoms with Gasteiger partial charge in [-0.15, -0.1) is 12.4 Å². The van der Waals surface area contributed by atoms with Gasteiger partial charge in [0.05, 0.1) is 11.0 Å². The number of imidazole rings is 1. The smallest absolute Gasteiger partial charge is 0.265 e. The highest BCUT2D eigenvalue weighted by Crippen LogP contribution is 2.30. The molecule has 2 heterocycles. The lowest BCUT2D eigenvalue weighted by Gasteiger charge is -2.31. The molecule has 0 bridgehead atoms. The molecule has 1 aromatic carbocycles. The summed E-state index contributed by atoms with van der Waals surface area (Å²) < 4.78 is 2.11. The first-order valence-electron chi connectivity index (χ1n) is 8.30. The van der Waals surface area contributed by atoms with Crippen molar-refractivity contribution in [2.45, 2.75) is 45.1 Å². The Balaban J connectivity index is 0.00000169. The second-order valence-corrected chi connectivity index (χ2v) is 7.42. The largest absolute Gasteiger partial charge is 0.338 e. The minimum atomic E-state index is 0. The van der Waals surface area contributed by atoms with Crippen molar-refractivity contribution in [3.8, 4) is 0 Å². The van der Waals surface area contributed by atoms with E-state index in [0.717, 1.165) is 39.4 Å². The molecule has 4 nitrogen and oxygen atoms in total. The third-order valence-electron chi connectivity index (χ3n) is 5.02. The van der Waals surface area contributed by atoms with E-state index in [0.29, 0.717) is 6.04 Å². The Hall–Kier alpha value is -1.59. The van der Waals surface area contributed by atoms with E-state index >= 15 is 0 Å². The minimum Gasteiger partial charge on any atom is -0.338 e. The Kier molecular flexibility index (Phi) is 4.83. The van der Waals surface area contributed by atoms with Gasteiger partial charge >= 0.3 is 0 Å². The molecule has 24 heavy (non-hydrogen) atoms. The molecule has 4 rings (SSSR count). The van der Waals surface area contributed by atoms with Crippen LogP contribution in [-0.4, -0.2) is 33.3 Å². The molecule has 128 valence electrons. The maximum absolute atomic E-state index is 13.0. The van der Waals surface area contributed by atoms with Crippen LogP contribution in [0.2, 0.25) is 0 Å². The van der Waals surface area contributed by atoms with Crippen LogP contribution in [0.1, 0.15) is 47.5 Å². The van der Waals surface area contributed by atoms with E-state index in [-0.39, 0.29) is 18.3 Å². The highest BCUT2D eigenvalue weighted by molar-refractivity contribution is 7.19. The molecule has 1 aliphatic rings. The number of benzene rings is 1. The van der Waals surface area contributed by atoms with Crippen molar-refractivity contribution in [3.05, 3.63) is 34.8 Å². The summed E-state index contributed by atoms with van der Waals surface area (Å²) in [5.74, 6) is 0.147. The number of para-hydroxylation sites is 2. The van der Waals surface area contributed by atoms with E-state index in [1.54, 1.807) is 0 Å². The van der Waals surface area contributed by atoms with E-state index in [1.807, 2.05) is 37.1 Å². The predicted octanol–water partition coefficient (Wildman–Crippen LogP) is 4.68. The van der Waals surface area contributed by atoms with Crippen molar-refractivity contribution in [3.63, 3.8) is 0 Å². The summed E-state index contributed by atoms with van der Waals surface area (Å²) >= 11 is 1.51. The van der Waals surface area contributed by atoms with E-state index in [4.69, 9.17) is 0 Å². The van der Waals surface area contributed by atoms with E-state index in [1.165, 1.54) is 30.6 Å². The quantitative estimate of drug-likeness (QED) is 0.662. The lowest BCUT2D eigenvalue weighted by atomic mass is 9.94. The van der Waals surface area contributed by atoms with Gasteiger partial charge < -0.3 is 4.90 Å². The Bertz CT molecular complexity index is 879. The molecular weight excluding hydrogens is 342 g/mol. The molecule has 0 unspecified atom stereocenters. The number of fused-ring (bicyclic) bond motifs is 3. The summed E-state index contributed by atoms with van der Waals surface area (Å²) in [5, 5.41) is 0. The zero-order valence-electron chi connectivity index (χ0n) is 14.0. The third-order valence-corrected chi connectivity index (χ3v) is 6.15. The lowest BCUT2D eigenvalue weighted by Crippen LogP contribution is -2.38. The minimum absolute atomic E-state index is 0. The van der Waals surface area contributed by atoms with Crippen molar-refractivity contribution in [1.82, 2.24) is 14.3 Å². The fourth-order valence-corrected chi connectivity index (χ4v) is 4.78. The van der Waals surface area contributed by atoms with Gasteiger partial charge in [-0.05, 0) is 31.9 Å². The van der Waals surface area contributed by atoms with Gasteiger partial charge in [0.1, 0.15) is 4.88 Å². The molecule has 0 aliphatic heterocycles. The molecule has 1 fully saturated rings. The monoisotopic (exact) mass is 363 g/mol. The highest BCUT2D eigenvalue weighted by Gasteiger charge is 2.26. The summed E-state index contributed by atoms with van der Waals surface area (Å²) in [6.07, 6.45) is 6.04. The molecule has 0 saturated heterocycles. The van der Waals surface area contributed by atoms with E-state index in [9.17, 15) is 4.79 Å². The van der Waals surface area contributed by atoms with Gasteiger partial charge in [0.25, 0.3) is 5.91 Å². The highest BCUT2D eigenvalue weighted by atomic mass is 35.5. The fourth-order valence-electron chi connectivity index (χ4n) is 3.66. The number of aromatic nitrogens is 2. The maximum Gasteiger partial charge on any atom is 0.265 e. The van der Waals surface area contributed by atoms with Crippen molar-refractivity contribution in [2.24, 2.45) is 0 Å². The number of hydrogen-bond acceptors (Lipinski definition) is 3. The standard InChI is InChI=1S/C18H21N3OS.ClH/c1-12-16(17(22)20(2)13-8-4-3-5-9-13)23-18-19-14-10-6-7-11-15(14)21(12)18;/h6-7,10-11,13H,3-5,8-9H2,1-2H3;1H. The molecule has 0 atom stereocenters. The van der Waals surface area contributed by atoms with Crippen LogP contribution < -0.4 is 0 Å². The molecule has 3 aromatic rings. The Morgan fingerprint density at radius 1 is 1.25 bits per heavy atom. The zero-order valence-corrected chi connectivity index (χ0v) is 15.6. The number of rotatable bonds is 2. The van der Waals surface area contributed by atoms with Gasteiger partial charge in [0.15, 0.2) is 4.96 Å². The first-order valence-corrected chi connectivity index (χ1v) is 9.12. The molecular formula is C18H22ClN3OS. The van der Waals surface area contributed by atoms with Crippen LogP contribution in [0.25, 0.3) is 16.0 Å². The summed E-state index contributed by atoms with van der Waals surface area (Å²) in [6, 6.07) is 8.49. The summed E-state index contributed by atoms with van der Waals surface area (Å²) in [7, 11) is 1.96. The van der Waals surface area contributed by atoms with Crippen LogP contribution in [0.5, 0.6) is 0 Å². The molecule has 2 aromatic heterocycles. The SMILES string of the molecule is Cc1c(C(=O)N(C)C2CCCCC2)sc2nc3ccccc3n12.Cl. The van der Waals surface area contributed by atoms with Crippen molar-refractivity contribution in [1.29, 1.82) is 0 Å². The number of thiazole rings is 1. The van der Waals surface area contributed by atoms with E-state index in [2.05, 4.69) is 15.5 Å². The van der Waals surface area contributed by atoms with Crippen LogP contribution in [0, 0.1) is 6.92 Å². The number of carbonyl (C=O) groups is 1. The normalized spacial score (nSPS) is 15.6. The van der Waals surface area contributed by atoms with Gasteiger partial charge in [0.2, 0.25) is 0 Å². The van der Waals surface area contributed by atoms with E-state index < -0.39 is 0 Å². The van der Waals surface area contributed by atoms with Gasteiger partial charge in [0, 0.05) is 18.8 Å². The van der Waals surface area contributed by atoms with Crippen LogP contribution in [-0.2, 0) is 0 Å². The second-order valence-electron chi connectivity index (χ2n) is 6.44. The van der Waals surface area contributed by atoms with Gasteiger partial charge in [-0.1, -0.05) is 42.7 Å². The van der Waals surface area contributed by atoms with Gasteiger partial charge in [-0.3, -0.25) is 9.20 Å². The fraction of sp³-hybridized carbons (Fsp3) is 0.444. The molecule has 1 aliphatic carbocycles. The number of halogens is 1. The number of nitrogens with zero attached hydrogens (tertiary/aromatic N) is 3. The summed E-state index contributed by atoms with van der Waals surface area (Å²) in [6.45, 7) is 2.03. The van der Waals surface area contributed by atoms with Crippen LogP contribution in [0.3, 0.4) is 0 Å². The Labute approximate surface area is 151 Å². The molecule has 6 heteroatoms. The van der Waals surface area contributed by atoms with Gasteiger partial charge in [-0.2, -0.15) is 0 Å². The first kappa shape index (κ1) is 17.2. The van der Waals surface area contributed by atoms with Crippen LogP contribution in [0.15, 0.2) is 24.3 Å². The zero-order chi connectivity index (χ0) is 16.0. The average molecular weight is 364 g/mol. The second kappa shape index (κ2) is 6.73. The van der Waals surface area contributed by atoms with Crippen molar-refractivity contribution >= 4 is 45.6 Å². The summed E-state index contributed by atoms with van der Waals surface area (Å²) in [4.78, 5) is 21.3. The topological polar surface area (TPSA) is 37.6 Å². The number of amides is 1. The van der Waals surface area contributed by atoms with Crippen molar-refractivity contribution < 1.29 is 4.79 Å². The van der Waals surface area contributed by atoms with Gasteiger partial charge in [-0.25, -0.2) is 4.98 Å². The average Bonchev–Trinajstić information content (AvgIpc) is 3.11. The Morgan fingerprint density at radius 2 is 1.96 bits per heavy atom. The van der Waals surface area contributed by atoms with Crippen LogP contribution in [0.4, 0.5) is 0 Å². The molecule has 1 amide bonds. The number of aryl methyl sites for hydroxylation is 1. The molecule has 1 saturated carbocycles. The maximum atomic E-state index is 13.0. The number of carbonyl (C=O) groups excluding carboxylic acids is 1. The number of hydrogen-bond donors (Lipinski definition) is 0. The summed E-state index contributed by atoms with van der Waals surface area (Å²) in [5.41, 5.74) is 3.07. The molecule has 0 N–H and O–H groups in total. The molecule has 0 spiro atoms. The third kappa shape index (κ3) is 2.70. The lowest BCUT2D eigenvalue weighted by molar-refractivity contribution is 0.0700. The molecule has 0 radical (unpaired) electrons. The Morgan fingerprint density at radius 3 is 2.71 bits per heavy atom. The van der Waals surface area contributed by atoms with Crippen molar-refractivity contribution in [2.75, 3.05) is 7.05 Å². The first-order chi connectivity index (χ1) is 11.2.